The molecule has 1 aromatic heterocycles. The fourth-order valence-corrected chi connectivity index (χ4v) is 2.27. The van der Waals surface area contributed by atoms with E-state index in [1.165, 1.54) is 30.3 Å². The number of nitrogens with one attached hydrogen (secondary N) is 1. The van der Waals surface area contributed by atoms with Crippen LogP contribution in [-0.2, 0) is 16.1 Å². The fraction of sp³-hybridized carbons (Fsp3) is 0.105. The van der Waals surface area contributed by atoms with Crippen LogP contribution in [-0.4, -0.2) is 18.5 Å². The molecule has 0 unspecified atom stereocenters. The Bertz CT molecular complexity index is 1010. The van der Waals surface area contributed by atoms with Crippen LogP contribution in [0.4, 0.5) is 4.39 Å². The Labute approximate surface area is 147 Å². The number of hydrogen-bond acceptors (Lipinski definition) is 5. The van der Waals surface area contributed by atoms with Crippen molar-refractivity contribution in [2.75, 3.05) is 6.61 Å². The molecule has 0 aliphatic rings. The summed E-state index contributed by atoms with van der Waals surface area (Å²) in [5.74, 6) is -1.86. The van der Waals surface area contributed by atoms with Crippen molar-refractivity contribution in [1.82, 2.24) is 5.32 Å². The van der Waals surface area contributed by atoms with Gasteiger partial charge in [-0.1, -0.05) is 30.3 Å². The molecule has 0 aliphatic heterocycles. The third-order valence-electron chi connectivity index (χ3n) is 3.60. The van der Waals surface area contributed by atoms with Crippen molar-refractivity contribution in [3.05, 3.63) is 82.0 Å². The second-order valence-electron chi connectivity index (χ2n) is 5.46. The molecule has 2 aromatic carbocycles. The van der Waals surface area contributed by atoms with Crippen LogP contribution in [0, 0.1) is 5.82 Å². The first-order valence-corrected chi connectivity index (χ1v) is 7.74. The SMILES string of the molecule is O=C(COC(=O)c1cc2ccccc2oc1=O)NCc1ccc(F)cc1. The summed E-state index contributed by atoms with van der Waals surface area (Å²) < 4.78 is 22.7. The van der Waals surface area contributed by atoms with Gasteiger partial charge in [-0.15, -0.1) is 0 Å². The van der Waals surface area contributed by atoms with Gasteiger partial charge < -0.3 is 14.5 Å². The van der Waals surface area contributed by atoms with Gasteiger partial charge in [0, 0.05) is 11.9 Å². The van der Waals surface area contributed by atoms with Crippen molar-refractivity contribution < 1.29 is 23.1 Å². The maximum absolute atomic E-state index is 12.8. The molecule has 0 saturated carbocycles. The molecule has 0 atom stereocenters. The molecule has 6 nitrogen and oxygen atoms in total. The summed E-state index contributed by atoms with van der Waals surface area (Å²) in [6, 6.07) is 13.7. The smallest absolute Gasteiger partial charge is 0.351 e. The number of fused-ring (bicyclic) bond motifs is 1. The maximum atomic E-state index is 12.8. The molecule has 7 heteroatoms. The van der Waals surface area contributed by atoms with Crippen molar-refractivity contribution in [2.45, 2.75) is 6.54 Å². The lowest BCUT2D eigenvalue weighted by atomic mass is 10.2. The monoisotopic (exact) mass is 355 g/mol. The van der Waals surface area contributed by atoms with Gasteiger partial charge in [0.25, 0.3) is 5.91 Å². The van der Waals surface area contributed by atoms with Crippen LogP contribution in [0.15, 0.2) is 63.8 Å². The molecule has 132 valence electrons. The van der Waals surface area contributed by atoms with Crippen LogP contribution in [0.1, 0.15) is 15.9 Å². The van der Waals surface area contributed by atoms with Crippen LogP contribution < -0.4 is 10.9 Å². The average molecular weight is 355 g/mol. The highest BCUT2D eigenvalue weighted by Crippen LogP contribution is 2.13. The number of esters is 1. The topological polar surface area (TPSA) is 85.6 Å². The number of halogens is 1. The zero-order valence-electron chi connectivity index (χ0n) is 13.5. The van der Waals surface area contributed by atoms with E-state index in [1.807, 2.05) is 0 Å². The molecule has 1 heterocycles. The van der Waals surface area contributed by atoms with E-state index in [2.05, 4.69) is 5.32 Å². The third-order valence-corrected chi connectivity index (χ3v) is 3.60. The van der Waals surface area contributed by atoms with Crippen molar-refractivity contribution in [1.29, 1.82) is 0 Å². The Balaban J connectivity index is 1.58. The number of rotatable bonds is 5. The quantitative estimate of drug-likeness (QED) is 0.561. The van der Waals surface area contributed by atoms with Crippen molar-refractivity contribution in [3.63, 3.8) is 0 Å². The van der Waals surface area contributed by atoms with Gasteiger partial charge in [0.1, 0.15) is 17.0 Å². The number of hydrogen-bond donors (Lipinski definition) is 1. The summed E-state index contributed by atoms with van der Waals surface area (Å²) in [7, 11) is 0. The Hall–Kier alpha value is -3.48. The summed E-state index contributed by atoms with van der Waals surface area (Å²) in [5.41, 5.74) is -0.0669. The minimum atomic E-state index is -0.943. The van der Waals surface area contributed by atoms with Gasteiger partial charge >= 0.3 is 11.6 Å². The van der Waals surface area contributed by atoms with Gasteiger partial charge in [-0.25, -0.2) is 14.0 Å². The predicted molar refractivity (Wildman–Crippen MR) is 91.0 cm³/mol. The van der Waals surface area contributed by atoms with E-state index >= 15 is 0 Å². The first-order valence-electron chi connectivity index (χ1n) is 7.74. The summed E-state index contributed by atoms with van der Waals surface area (Å²) in [4.78, 5) is 35.6. The largest absolute Gasteiger partial charge is 0.452 e. The van der Waals surface area contributed by atoms with Gasteiger partial charge in [0.05, 0.1) is 0 Å². The second-order valence-corrected chi connectivity index (χ2v) is 5.46. The molecular formula is C19H14FNO5. The summed E-state index contributed by atoms with van der Waals surface area (Å²) >= 11 is 0. The minimum Gasteiger partial charge on any atom is -0.452 e. The van der Waals surface area contributed by atoms with Crippen LogP contribution >= 0.6 is 0 Å². The van der Waals surface area contributed by atoms with Crippen LogP contribution in [0.3, 0.4) is 0 Å². The summed E-state index contributed by atoms with van der Waals surface area (Å²) in [6.45, 7) is -0.388. The average Bonchev–Trinajstić information content (AvgIpc) is 2.65. The Morgan fingerprint density at radius 2 is 1.81 bits per heavy atom. The highest BCUT2D eigenvalue weighted by atomic mass is 19.1. The zero-order valence-corrected chi connectivity index (χ0v) is 13.5. The zero-order chi connectivity index (χ0) is 18.5. The standard InChI is InChI=1S/C19H14FNO5/c20-14-7-5-12(6-8-14)10-21-17(22)11-25-18(23)15-9-13-3-1-2-4-16(13)26-19(15)24/h1-9H,10-11H2,(H,21,22). The molecule has 0 aliphatic carbocycles. The van der Waals surface area contributed by atoms with E-state index in [0.29, 0.717) is 16.5 Å². The maximum Gasteiger partial charge on any atom is 0.351 e. The van der Waals surface area contributed by atoms with E-state index < -0.39 is 24.1 Å². The third kappa shape index (κ3) is 4.13. The number of benzene rings is 2. The lowest BCUT2D eigenvalue weighted by Crippen LogP contribution is -2.29. The molecule has 0 saturated heterocycles. The number of carbonyl (C=O) groups excluding carboxylic acids is 2. The Morgan fingerprint density at radius 1 is 1.08 bits per heavy atom. The summed E-state index contributed by atoms with van der Waals surface area (Å²) in [5, 5.41) is 3.10. The van der Waals surface area contributed by atoms with Gasteiger partial charge in [-0.2, -0.15) is 0 Å². The molecule has 0 radical (unpaired) electrons. The normalized spacial score (nSPS) is 10.5. The summed E-state index contributed by atoms with van der Waals surface area (Å²) in [6.07, 6.45) is 0. The molecule has 3 rings (SSSR count). The highest BCUT2D eigenvalue weighted by molar-refractivity contribution is 5.94. The molecular weight excluding hydrogens is 341 g/mol. The number of ether oxygens (including phenoxy) is 1. The van der Waals surface area contributed by atoms with E-state index in [-0.39, 0.29) is 17.9 Å². The van der Waals surface area contributed by atoms with E-state index in [4.69, 9.17) is 9.15 Å². The van der Waals surface area contributed by atoms with Gasteiger partial charge in [0.2, 0.25) is 0 Å². The van der Waals surface area contributed by atoms with Gasteiger partial charge in [-0.3, -0.25) is 4.79 Å². The van der Waals surface area contributed by atoms with Crippen molar-refractivity contribution in [2.24, 2.45) is 0 Å². The highest BCUT2D eigenvalue weighted by Gasteiger charge is 2.16. The molecule has 0 fully saturated rings. The second kappa shape index (κ2) is 7.60. The molecule has 0 bridgehead atoms. The molecule has 1 N–H and O–H groups in total. The minimum absolute atomic E-state index is 0.161. The fourth-order valence-electron chi connectivity index (χ4n) is 2.27. The molecule has 0 spiro atoms. The van der Waals surface area contributed by atoms with Crippen molar-refractivity contribution in [3.8, 4) is 0 Å². The van der Waals surface area contributed by atoms with Crippen LogP contribution in [0.25, 0.3) is 11.0 Å². The first kappa shape index (κ1) is 17.3. The predicted octanol–water partition coefficient (Wildman–Crippen LogP) is 2.41. The first-order chi connectivity index (χ1) is 12.5. The Kier molecular flexibility index (Phi) is 5.07. The molecule has 3 aromatic rings. The van der Waals surface area contributed by atoms with Gasteiger partial charge in [0.15, 0.2) is 6.61 Å². The van der Waals surface area contributed by atoms with E-state index in [9.17, 15) is 18.8 Å². The molecule has 1 amide bonds. The number of amides is 1. The lowest BCUT2D eigenvalue weighted by Gasteiger charge is -2.07. The molecule has 26 heavy (non-hydrogen) atoms. The van der Waals surface area contributed by atoms with E-state index in [0.717, 1.165) is 0 Å². The van der Waals surface area contributed by atoms with Crippen molar-refractivity contribution >= 4 is 22.8 Å². The van der Waals surface area contributed by atoms with E-state index in [1.54, 1.807) is 24.3 Å². The van der Waals surface area contributed by atoms with Gasteiger partial charge in [-0.05, 0) is 29.8 Å². The van der Waals surface area contributed by atoms with Crippen LogP contribution in [0.5, 0.6) is 0 Å². The lowest BCUT2D eigenvalue weighted by molar-refractivity contribution is -0.124. The Morgan fingerprint density at radius 3 is 2.58 bits per heavy atom. The number of carbonyl (C=O) groups is 2. The number of para-hydroxylation sites is 1. The van der Waals surface area contributed by atoms with Crippen LogP contribution in [0.2, 0.25) is 0 Å².